The number of carbonyl (C=O) groups is 1. The van der Waals surface area contributed by atoms with Crippen LogP contribution < -0.4 is 9.84 Å². The highest BCUT2D eigenvalue weighted by molar-refractivity contribution is 8.00. The van der Waals surface area contributed by atoms with E-state index in [-0.39, 0.29) is 0 Å². The number of benzene rings is 1. The van der Waals surface area contributed by atoms with Gasteiger partial charge in [0, 0.05) is 16.2 Å². The molecule has 0 bridgehead atoms. The van der Waals surface area contributed by atoms with Crippen LogP contribution >= 0.6 is 23.1 Å². The summed E-state index contributed by atoms with van der Waals surface area (Å²) >= 11 is 2.68. The Morgan fingerprint density at radius 3 is 2.70 bits per heavy atom. The van der Waals surface area contributed by atoms with Crippen LogP contribution in [0, 0.1) is 0 Å². The molecule has 3 aromatic rings. The van der Waals surface area contributed by atoms with Crippen LogP contribution in [0.3, 0.4) is 0 Å². The number of carbonyl (C=O) groups excluding carboxylic acids is 1. The molecule has 23 heavy (non-hydrogen) atoms. The van der Waals surface area contributed by atoms with E-state index in [2.05, 4.69) is 9.97 Å². The van der Waals surface area contributed by atoms with Crippen molar-refractivity contribution in [3.8, 4) is 16.9 Å². The average molecular weight is 345 g/mol. The number of thiophene rings is 1. The quantitative estimate of drug-likeness (QED) is 0.523. The predicted molar refractivity (Wildman–Crippen MR) is 89.7 cm³/mol. The van der Waals surface area contributed by atoms with Crippen molar-refractivity contribution < 1.29 is 14.6 Å². The third kappa shape index (κ3) is 3.16. The van der Waals surface area contributed by atoms with E-state index in [0.29, 0.717) is 5.03 Å². The molecule has 7 heteroatoms. The summed E-state index contributed by atoms with van der Waals surface area (Å²) in [6.07, 6.45) is 1.46. The van der Waals surface area contributed by atoms with Crippen molar-refractivity contribution >= 4 is 39.3 Å². The van der Waals surface area contributed by atoms with Gasteiger partial charge in [-0.15, -0.1) is 11.3 Å². The Labute approximate surface area is 141 Å². The molecule has 0 aliphatic heterocycles. The molecule has 0 fully saturated rings. The molecule has 2 aromatic heterocycles. The van der Waals surface area contributed by atoms with E-state index in [0.717, 1.165) is 27.1 Å². The summed E-state index contributed by atoms with van der Waals surface area (Å²) in [5.41, 5.74) is 2.00. The maximum absolute atomic E-state index is 11.0. The highest BCUT2D eigenvalue weighted by atomic mass is 32.2. The van der Waals surface area contributed by atoms with E-state index >= 15 is 0 Å². The summed E-state index contributed by atoms with van der Waals surface area (Å²) in [6.45, 7) is 1.59. The van der Waals surface area contributed by atoms with Gasteiger partial charge < -0.3 is 14.6 Å². The zero-order chi connectivity index (χ0) is 16.4. The van der Waals surface area contributed by atoms with Crippen molar-refractivity contribution in [3.05, 3.63) is 36.0 Å². The van der Waals surface area contributed by atoms with Crippen LogP contribution in [0.5, 0.6) is 5.75 Å². The molecule has 1 aromatic carbocycles. The van der Waals surface area contributed by atoms with Gasteiger partial charge in [0.15, 0.2) is 0 Å². The number of hydrogen-bond acceptors (Lipinski definition) is 7. The van der Waals surface area contributed by atoms with Gasteiger partial charge in [-0.1, -0.05) is 23.9 Å². The minimum absolute atomic E-state index is 0.652. The van der Waals surface area contributed by atoms with E-state index in [9.17, 15) is 9.90 Å². The summed E-state index contributed by atoms with van der Waals surface area (Å²) in [7, 11) is 1.62. The molecule has 0 saturated carbocycles. The van der Waals surface area contributed by atoms with E-state index in [4.69, 9.17) is 4.74 Å². The Hall–Kier alpha value is -2.12. The largest absolute Gasteiger partial charge is 0.549 e. The molecule has 0 radical (unpaired) electrons. The highest BCUT2D eigenvalue weighted by Gasteiger charge is 2.16. The van der Waals surface area contributed by atoms with Crippen LogP contribution in [-0.4, -0.2) is 28.3 Å². The van der Waals surface area contributed by atoms with Crippen molar-refractivity contribution in [2.75, 3.05) is 7.11 Å². The second-order valence-electron chi connectivity index (χ2n) is 4.82. The highest BCUT2D eigenvalue weighted by Crippen LogP contribution is 2.39. The molecular weight excluding hydrogens is 332 g/mol. The van der Waals surface area contributed by atoms with E-state index in [1.54, 1.807) is 14.0 Å². The number of aromatic nitrogens is 2. The lowest BCUT2D eigenvalue weighted by Gasteiger charge is -2.12. The standard InChI is InChI=1S/C16H14N2O3S2/c1-9(16(19)20)23-15-13-12(7-22-14(13)17-8-18-15)10-3-5-11(21-2)6-4-10/h3-9H,1-2H3,(H,19,20)/p-1/t9-/m0/s1. The molecule has 0 amide bonds. The van der Waals surface area contributed by atoms with Gasteiger partial charge in [0.2, 0.25) is 0 Å². The van der Waals surface area contributed by atoms with Gasteiger partial charge in [-0.3, -0.25) is 0 Å². The summed E-state index contributed by atoms with van der Waals surface area (Å²) in [5.74, 6) is -0.326. The van der Waals surface area contributed by atoms with Crippen molar-refractivity contribution in [1.82, 2.24) is 9.97 Å². The number of methoxy groups -OCH3 is 1. The van der Waals surface area contributed by atoms with Crippen LogP contribution in [0.1, 0.15) is 6.92 Å². The molecule has 0 spiro atoms. The van der Waals surface area contributed by atoms with Crippen LogP contribution in [0.4, 0.5) is 0 Å². The predicted octanol–water partition coefficient (Wildman–Crippen LogP) is 2.60. The first-order valence-corrected chi connectivity index (χ1v) is 8.60. The molecule has 1 atom stereocenters. The molecule has 0 saturated heterocycles. The molecular formula is C16H13N2O3S2-. The molecule has 0 aliphatic carbocycles. The van der Waals surface area contributed by atoms with Crippen LogP contribution in [0.25, 0.3) is 21.3 Å². The summed E-state index contributed by atoms with van der Waals surface area (Å²) in [5, 5.41) is 13.9. The van der Waals surface area contributed by atoms with Crippen molar-refractivity contribution in [1.29, 1.82) is 0 Å². The van der Waals surface area contributed by atoms with Gasteiger partial charge >= 0.3 is 0 Å². The zero-order valence-corrected chi connectivity index (χ0v) is 14.1. The fourth-order valence-corrected chi connectivity index (χ4v) is 3.98. The number of rotatable bonds is 5. The van der Waals surface area contributed by atoms with Crippen molar-refractivity contribution in [3.63, 3.8) is 0 Å². The molecule has 118 valence electrons. The second-order valence-corrected chi connectivity index (χ2v) is 7.00. The molecule has 5 nitrogen and oxygen atoms in total. The van der Waals surface area contributed by atoms with E-state index < -0.39 is 11.2 Å². The minimum Gasteiger partial charge on any atom is -0.549 e. The van der Waals surface area contributed by atoms with Gasteiger partial charge in [-0.2, -0.15) is 0 Å². The smallest absolute Gasteiger partial charge is 0.128 e. The fraction of sp³-hybridized carbons (Fsp3) is 0.188. The van der Waals surface area contributed by atoms with Crippen LogP contribution in [0.2, 0.25) is 0 Å². The summed E-state index contributed by atoms with van der Waals surface area (Å²) in [6, 6.07) is 7.70. The van der Waals surface area contributed by atoms with Crippen molar-refractivity contribution in [2.24, 2.45) is 0 Å². The Morgan fingerprint density at radius 1 is 1.30 bits per heavy atom. The number of aliphatic carboxylic acids is 1. The number of carboxylic acids is 1. The third-order valence-corrected chi connectivity index (χ3v) is 5.32. The van der Waals surface area contributed by atoms with Gasteiger partial charge in [-0.05, 0) is 24.6 Å². The van der Waals surface area contributed by atoms with E-state index in [1.165, 1.54) is 29.4 Å². The molecule has 2 heterocycles. The third-order valence-electron chi connectivity index (χ3n) is 3.36. The van der Waals surface area contributed by atoms with Gasteiger partial charge in [0.05, 0.1) is 18.5 Å². The maximum atomic E-state index is 11.0. The maximum Gasteiger partial charge on any atom is 0.128 e. The number of thioether (sulfide) groups is 1. The first kappa shape index (κ1) is 15.8. The number of carboxylic acid groups (broad SMARTS) is 1. The lowest BCUT2D eigenvalue weighted by molar-refractivity contribution is -0.304. The fourth-order valence-electron chi connectivity index (χ4n) is 2.14. The van der Waals surface area contributed by atoms with Crippen molar-refractivity contribution in [2.45, 2.75) is 17.2 Å². The monoisotopic (exact) mass is 345 g/mol. The van der Waals surface area contributed by atoms with Crippen LogP contribution in [-0.2, 0) is 4.79 Å². The first-order chi connectivity index (χ1) is 11.1. The Bertz CT molecular complexity index is 846. The molecule has 0 N–H and O–H groups in total. The average Bonchev–Trinajstić information content (AvgIpc) is 3.00. The number of fused-ring (bicyclic) bond motifs is 1. The summed E-state index contributed by atoms with van der Waals surface area (Å²) < 4.78 is 5.18. The zero-order valence-electron chi connectivity index (χ0n) is 12.5. The van der Waals surface area contributed by atoms with Gasteiger partial charge in [-0.25, -0.2) is 9.97 Å². The normalized spacial score (nSPS) is 12.3. The number of ether oxygens (including phenoxy) is 1. The number of hydrogen-bond donors (Lipinski definition) is 0. The second kappa shape index (κ2) is 6.55. The SMILES string of the molecule is COc1ccc(-c2csc3ncnc(S[C@@H](C)C(=O)[O-])c23)cc1. The van der Waals surface area contributed by atoms with Crippen LogP contribution in [0.15, 0.2) is 41.0 Å². The Balaban J connectivity index is 2.08. The molecule has 3 rings (SSSR count). The Morgan fingerprint density at radius 2 is 2.04 bits per heavy atom. The number of nitrogens with zero attached hydrogens (tertiary/aromatic N) is 2. The summed E-state index contributed by atoms with van der Waals surface area (Å²) in [4.78, 5) is 20.4. The molecule has 0 unspecified atom stereocenters. The first-order valence-electron chi connectivity index (χ1n) is 6.84. The Kier molecular flexibility index (Phi) is 4.49. The van der Waals surface area contributed by atoms with Gasteiger partial charge in [0.1, 0.15) is 21.9 Å². The van der Waals surface area contributed by atoms with Gasteiger partial charge in [0.25, 0.3) is 0 Å². The minimum atomic E-state index is -1.11. The lowest BCUT2D eigenvalue weighted by atomic mass is 10.1. The van der Waals surface area contributed by atoms with E-state index in [1.807, 2.05) is 29.6 Å². The lowest BCUT2D eigenvalue weighted by Crippen LogP contribution is -2.31. The molecule has 0 aliphatic rings. The topological polar surface area (TPSA) is 75.1 Å².